The number of methoxy groups -OCH3 is 1. The Kier molecular flexibility index (Phi) is 7.65. The van der Waals surface area contributed by atoms with Gasteiger partial charge in [-0.1, -0.05) is 38.3 Å². The summed E-state index contributed by atoms with van der Waals surface area (Å²) in [4.78, 5) is 11.7. The maximum absolute atomic E-state index is 11.7. The average molecular weight is 294 g/mol. The van der Waals surface area contributed by atoms with Crippen LogP contribution in [0, 0.1) is 0 Å². The lowest BCUT2D eigenvalue weighted by atomic mass is 10.1. The second-order valence-corrected chi connectivity index (χ2v) is 4.92. The van der Waals surface area contributed by atoms with Crippen LogP contribution in [0.2, 0.25) is 0 Å². The van der Waals surface area contributed by atoms with Crippen molar-refractivity contribution in [3.63, 3.8) is 0 Å². The molecular weight excluding hydrogens is 272 g/mol. The highest BCUT2D eigenvalue weighted by molar-refractivity contribution is 7.80. The van der Waals surface area contributed by atoms with Crippen molar-refractivity contribution in [3.05, 3.63) is 24.3 Å². The van der Waals surface area contributed by atoms with Crippen LogP contribution in [0.3, 0.4) is 0 Å². The Hall–Kier alpha value is -1.62. The fourth-order valence-electron chi connectivity index (χ4n) is 1.80. The molecule has 1 amide bonds. The first-order chi connectivity index (χ1) is 9.67. The van der Waals surface area contributed by atoms with Gasteiger partial charge in [-0.2, -0.15) is 0 Å². The summed E-state index contributed by atoms with van der Waals surface area (Å²) in [5.41, 5.74) is 0.742. The Bertz CT molecular complexity index is 449. The molecule has 1 aromatic rings. The third-order valence-electron chi connectivity index (χ3n) is 2.87. The molecule has 0 saturated heterocycles. The van der Waals surface area contributed by atoms with Crippen LogP contribution in [0.25, 0.3) is 0 Å². The molecule has 0 bridgehead atoms. The van der Waals surface area contributed by atoms with E-state index in [9.17, 15) is 4.79 Å². The van der Waals surface area contributed by atoms with Gasteiger partial charge in [-0.05, 0) is 30.8 Å². The van der Waals surface area contributed by atoms with Gasteiger partial charge in [0.25, 0.3) is 0 Å². The van der Waals surface area contributed by atoms with Gasteiger partial charge in [-0.3, -0.25) is 4.79 Å². The number of para-hydroxylation sites is 2. The lowest BCUT2D eigenvalue weighted by Gasteiger charge is -2.12. The largest absolute Gasteiger partial charge is 0.495 e. The van der Waals surface area contributed by atoms with Crippen LogP contribution in [0.4, 0.5) is 5.69 Å². The van der Waals surface area contributed by atoms with Crippen LogP contribution < -0.4 is 15.4 Å². The molecule has 0 aliphatic heterocycles. The Morgan fingerprint density at radius 2 is 2.00 bits per heavy atom. The topological polar surface area (TPSA) is 50.4 Å². The molecule has 0 atom stereocenters. The average Bonchev–Trinajstić information content (AvgIpc) is 2.44. The molecule has 4 nitrogen and oxygen atoms in total. The summed E-state index contributed by atoms with van der Waals surface area (Å²) in [6.07, 6.45) is 4.81. The van der Waals surface area contributed by atoms with Gasteiger partial charge in [0.05, 0.1) is 12.8 Å². The molecule has 0 aromatic heterocycles. The quantitative estimate of drug-likeness (QED) is 0.597. The van der Waals surface area contributed by atoms with Gasteiger partial charge in [-0.15, -0.1) is 0 Å². The van der Waals surface area contributed by atoms with Crippen molar-refractivity contribution < 1.29 is 9.53 Å². The van der Waals surface area contributed by atoms with E-state index in [-0.39, 0.29) is 5.91 Å². The zero-order chi connectivity index (χ0) is 14.8. The molecule has 0 saturated carbocycles. The van der Waals surface area contributed by atoms with Gasteiger partial charge in [-0.25, -0.2) is 0 Å². The van der Waals surface area contributed by atoms with Gasteiger partial charge in [0.15, 0.2) is 5.11 Å². The number of unbranched alkanes of at least 4 members (excludes halogenated alkanes) is 3. The van der Waals surface area contributed by atoms with Crippen LogP contribution in [0.15, 0.2) is 24.3 Å². The van der Waals surface area contributed by atoms with Gasteiger partial charge < -0.3 is 15.4 Å². The van der Waals surface area contributed by atoms with E-state index in [1.165, 1.54) is 0 Å². The molecule has 2 N–H and O–H groups in total. The summed E-state index contributed by atoms with van der Waals surface area (Å²) < 4.78 is 5.21. The van der Waals surface area contributed by atoms with Gasteiger partial charge in [0.1, 0.15) is 5.75 Å². The molecule has 110 valence electrons. The lowest BCUT2D eigenvalue weighted by Crippen LogP contribution is -2.34. The highest BCUT2D eigenvalue weighted by Crippen LogP contribution is 2.22. The van der Waals surface area contributed by atoms with Crippen molar-refractivity contribution in [2.24, 2.45) is 0 Å². The summed E-state index contributed by atoms with van der Waals surface area (Å²) in [5.74, 6) is 0.639. The molecule has 0 spiro atoms. The van der Waals surface area contributed by atoms with E-state index in [0.717, 1.165) is 31.4 Å². The Balaban J connectivity index is 2.37. The predicted octanol–water partition coefficient (Wildman–Crippen LogP) is 3.48. The number of carbonyl (C=O) groups excluding carboxylic acids is 1. The maximum atomic E-state index is 11.7. The summed E-state index contributed by atoms with van der Waals surface area (Å²) in [6, 6.07) is 7.43. The minimum atomic E-state index is -0.0477. The summed E-state index contributed by atoms with van der Waals surface area (Å²) in [7, 11) is 1.59. The van der Waals surface area contributed by atoms with Crippen molar-refractivity contribution in [2.75, 3.05) is 12.4 Å². The van der Waals surface area contributed by atoms with E-state index in [1.807, 2.05) is 24.3 Å². The minimum absolute atomic E-state index is 0.0477. The smallest absolute Gasteiger partial charge is 0.226 e. The fourth-order valence-corrected chi connectivity index (χ4v) is 2.03. The van der Waals surface area contributed by atoms with E-state index < -0.39 is 0 Å². The van der Waals surface area contributed by atoms with E-state index >= 15 is 0 Å². The second-order valence-electron chi connectivity index (χ2n) is 4.51. The van der Waals surface area contributed by atoms with Gasteiger partial charge >= 0.3 is 0 Å². The SMILES string of the molecule is CCCCCCC(=O)NC(=S)Nc1ccccc1OC. The molecule has 1 rings (SSSR count). The van der Waals surface area contributed by atoms with Crippen molar-refractivity contribution in [1.29, 1.82) is 0 Å². The van der Waals surface area contributed by atoms with Gasteiger partial charge in [0.2, 0.25) is 5.91 Å². The van der Waals surface area contributed by atoms with Crippen LogP contribution in [0.1, 0.15) is 39.0 Å². The molecule has 1 aromatic carbocycles. The van der Waals surface area contributed by atoms with Gasteiger partial charge in [0, 0.05) is 6.42 Å². The number of amides is 1. The molecule has 5 heteroatoms. The van der Waals surface area contributed by atoms with Crippen molar-refractivity contribution in [3.8, 4) is 5.75 Å². The third-order valence-corrected chi connectivity index (χ3v) is 3.07. The maximum Gasteiger partial charge on any atom is 0.226 e. The number of ether oxygens (including phenoxy) is 1. The number of nitrogens with one attached hydrogen (secondary N) is 2. The van der Waals surface area contributed by atoms with Crippen molar-refractivity contribution in [1.82, 2.24) is 5.32 Å². The number of hydrogen-bond acceptors (Lipinski definition) is 3. The molecule has 0 fully saturated rings. The lowest BCUT2D eigenvalue weighted by molar-refractivity contribution is -0.119. The molecule has 20 heavy (non-hydrogen) atoms. The van der Waals surface area contributed by atoms with Crippen molar-refractivity contribution in [2.45, 2.75) is 39.0 Å². The number of carbonyl (C=O) groups is 1. The molecule has 0 unspecified atom stereocenters. The normalized spacial score (nSPS) is 9.90. The van der Waals surface area contributed by atoms with E-state index in [2.05, 4.69) is 17.6 Å². The second kappa shape index (κ2) is 9.31. The predicted molar refractivity (Wildman–Crippen MR) is 86.1 cm³/mol. The van der Waals surface area contributed by atoms with Crippen LogP contribution >= 0.6 is 12.2 Å². The minimum Gasteiger partial charge on any atom is -0.495 e. The standard InChI is InChI=1S/C15H22N2O2S/c1-3-4-5-6-11-14(18)17-15(20)16-12-9-7-8-10-13(12)19-2/h7-10H,3-6,11H2,1-2H3,(H2,16,17,18,20). The van der Waals surface area contributed by atoms with Crippen LogP contribution in [0.5, 0.6) is 5.75 Å². The van der Waals surface area contributed by atoms with Crippen LogP contribution in [-0.2, 0) is 4.79 Å². The number of hydrogen-bond donors (Lipinski definition) is 2. The summed E-state index contributed by atoms with van der Waals surface area (Å²) >= 11 is 5.12. The summed E-state index contributed by atoms with van der Waals surface area (Å²) in [6.45, 7) is 2.15. The highest BCUT2D eigenvalue weighted by Gasteiger charge is 2.07. The first-order valence-corrected chi connectivity index (χ1v) is 7.32. The molecule has 0 aliphatic carbocycles. The first kappa shape index (κ1) is 16.4. The molecule has 0 radical (unpaired) electrons. The zero-order valence-corrected chi connectivity index (χ0v) is 12.9. The Morgan fingerprint density at radius 3 is 2.70 bits per heavy atom. The fraction of sp³-hybridized carbons (Fsp3) is 0.467. The third kappa shape index (κ3) is 6.02. The van der Waals surface area contributed by atoms with Crippen LogP contribution in [-0.4, -0.2) is 18.1 Å². The zero-order valence-electron chi connectivity index (χ0n) is 12.1. The van der Waals surface area contributed by atoms with E-state index in [0.29, 0.717) is 17.3 Å². The number of benzene rings is 1. The molecule has 0 aliphatic rings. The monoisotopic (exact) mass is 294 g/mol. The molecule has 0 heterocycles. The van der Waals surface area contributed by atoms with Crippen molar-refractivity contribution >= 4 is 28.9 Å². The number of rotatable bonds is 7. The number of thiocarbonyl (C=S) groups is 1. The highest BCUT2D eigenvalue weighted by atomic mass is 32.1. The van der Waals surface area contributed by atoms with E-state index in [4.69, 9.17) is 17.0 Å². The number of anilines is 1. The van der Waals surface area contributed by atoms with E-state index in [1.54, 1.807) is 7.11 Å². The Labute approximate surface area is 125 Å². The molecular formula is C15H22N2O2S. The summed E-state index contributed by atoms with van der Waals surface area (Å²) in [5, 5.41) is 5.95. The Morgan fingerprint density at radius 1 is 1.25 bits per heavy atom. The first-order valence-electron chi connectivity index (χ1n) is 6.91.